The Labute approximate surface area is 170 Å². The van der Waals surface area contributed by atoms with Crippen LogP contribution in [-0.2, 0) is 13.0 Å². The molecule has 0 aliphatic heterocycles. The number of nitrogens with one attached hydrogen (secondary N) is 2. The Hall–Kier alpha value is -3.61. The summed E-state index contributed by atoms with van der Waals surface area (Å²) in [5.41, 5.74) is 2.44. The van der Waals surface area contributed by atoms with Crippen molar-refractivity contribution in [2.75, 3.05) is 26.1 Å². The van der Waals surface area contributed by atoms with Crippen LogP contribution in [-0.4, -0.2) is 36.6 Å². The van der Waals surface area contributed by atoms with Crippen LogP contribution < -0.4 is 20.1 Å². The SMILES string of the molecule is COc1ccc(CCNc2ccc(C(=O)NCc3ccccn3)cn2)cc1OC. The van der Waals surface area contributed by atoms with E-state index >= 15 is 0 Å². The number of carbonyl (C=O) groups excluding carboxylic acids is 1. The monoisotopic (exact) mass is 392 g/mol. The van der Waals surface area contributed by atoms with Crippen molar-refractivity contribution in [1.82, 2.24) is 15.3 Å². The highest BCUT2D eigenvalue weighted by atomic mass is 16.5. The van der Waals surface area contributed by atoms with Gasteiger partial charge >= 0.3 is 0 Å². The van der Waals surface area contributed by atoms with Crippen molar-refractivity contribution >= 4 is 11.7 Å². The van der Waals surface area contributed by atoms with Crippen LogP contribution in [0.15, 0.2) is 60.9 Å². The largest absolute Gasteiger partial charge is 0.493 e. The van der Waals surface area contributed by atoms with Gasteiger partial charge in [0.1, 0.15) is 5.82 Å². The minimum absolute atomic E-state index is 0.181. The third kappa shape index (κ3) is 5.68. The van der Waals surface area contributed by atoms with Crippen molar-refractivity contribution in [3.63, 3.8) is 0 Å². The highest BCUT2D eigenvalue weighted by Gasteiger charge is 2.07. The highest BCUT2D eigenvalue weighted by Crippen LogP contribution is 2.27. The van der Waals surface area contributed by atoms with Crippen molar-refractivity contribution in [2.24, 2.45) is 0 Å². The number of methoxy groups -OCH3 is 2. The van der Waals surface area contributed by atoms with Crippen LogP contribution in [0, 0.1) is 0 Å². The van der Waals surface area contributed by atoms with E-state index in [0.717, 1.165) is 17.7 Å². The molecule has 7 nitrogen and oxygen atoms in total. The van der Waals surface area contributed by atoms with E-state index in [2.05, 4.69) is 20.6 Å². The molecule has 0 atom stereocenters. The topological polar surface area (TPSA) is 85.4 Å². The maximum atomic E-state index is 12.2. The Morgan fingerprint density at radius 1 is 1.00 bits per heavy atom. The molecule has 29 heavy (non-hydrogen) atoms. The van der Waals surface area contributed by atoms with E-state index in [9.17, 15) is 4.79 Å². The van der Waals surface area contributed by atoms with Crippen molar-refractivity contribution in [3.8, 4) is 11.5 Å². The van der Waals surface area contributed by atoms with Gasteiger partial charge in [-0.2, -0.15) is 0 Å². The zero-order chi connectivity index (χ0) is 20.5. The Kier molecular flexibility index (Phi) is 7.00. The highest BCUT2D eigenvalue weighted by molar-refractivity contribution is 5.93. The van der Waals surface area contributed by atoms with Gasteiger partial charge in [0.05, 0.1) is 32.0 Å². The molecule has 150 valence electrons. The van der Waals surface area contributed by atoms with Gasteiger partial charge in [-0.15, -0.1) is 0 Å². The van der Waals surface area contributed by atoms with E-state index in [4.69, 9.17) is 9.47 Å². The van der Waals surface area contributed by atoms with Gasteiger partial charge in [0.25, 0.3) is 5.91 Å². The zero-order valence-corrected chi connectivity index (χ0v) is 16.5. The number of rotatable bonds is 9. The van der Waals surface area contributed by atoms with Crippen LogP contribution in [0.4, 0.5) is 5.82 Å². The van der Waals surface area contributed by atoms with Gasteiger partial charge in [-0.25, -0.2) is 4.98 Å². The summed E-state index contributed by atoms with van der Waals surface area (Å²) in [6.07, 6.45) is 4.06. The summed E-state index contributed by atoms with van der Waals surface area (Å²) in [6.45, 7) is 1.08. The minimum Gasteiger partial charge on any atom is -0.493 e. The number of hydrogen-bond acceptors (Lipinski definition) is 6. The van der Waals surface area contributed by atoms with E-state index < -0.39 is 0 Å². The molecule has 3 aromatic rings. The number of ether oxygens (including phenoxy) is 2. The second-order valence-corrected chi connectivity index (χ2v) is 6.30. The fourth-order valence-corrected chi connectivity index (χ4v) is 2.78. The lowest BCUT2D eigenvalue weighted by molar-refractivity contribution is 0.0950. The molecule has 0 fully saturated rings. The summed E-state index contributed by atoms with van der Waals surface area (Å²) in [5.74, 6) is 1.96. The van der Waals surface area contributed by atoms with Crippen molar-refractivity contribution < 1.29 is 14.3 Å². The summed E-state index contributed by atoms with van der Waals surface area (Å²) < 4.78 is 10.6. The number of amides is 1. The Bertz CT molecular complexity index is 931. The number of pyridine rings is 2. The number of carbonyl (C=O) groups is 1. The smallest absolute Gasteiger partial charge is 0.253 e. The van der Waals surface area contributed by atoms with Crippen LogP contribution in [0.3, 0.4) is 0 Å². The second-order valence-electron chi connectivity index (χ2n) is 6.30. The first-order chi connectivity index (χ1) is 14.2. The minimum atomic E-state index is -0.181. The fraction of sp³-hybridized carbons (Fsp3) is 0.227. The number of nitrogens with zero attached hydrogens (tertiary/aromatic N) is 2. The van der Waals surface area contributed by atoms with Crippen molar-refractivity contribution in [2.45, 2.75) is 13.0 Å². The molecule has 0 spiro atoms. The lowest BCUT2D eigenvalue weighted by atomic mass is 10.1. The predicted molar refractivity (Wildman–Crippen MR) is 111 cm³/mol. The maximum Gasteiger partial charge on any atom is 0.253 e. The molecule has 7 heteroatoms. The summed E-state index contributed by atoms with van der Waals surface area (Å²) in [5, 5.41) is 6.09. The molecule has 3 rings (SSSR count). The predicted octanol–water partition coefficient (Wildman–Crippen LogP) is 3.08. The molecule has 0 saturated heterocycles. The number of hydrogen-bond donors (Lipinski definition) is 2. The lowest BCUT2D eigenvalue weighted by Gasteiger charge is -2.10. The molecule has 1 aromatic carbocycles. The van der Waals surface area contributed by atoms with Gasteiger partial charge in [0.15, 0.2) is 11.5 Å². The molecule has 1 amide bonds. The molecule has 0 saturated carbocycles. The van der Waals surface area contributed by atoms with Crippen LogP contribution >= 0.6 is 0 Å². The molecule has 0 aliphatic rings. The van der Waals surface area contributed by atoms with E-state index in [-0.39, 0.29) is 5.91 Å². The van der Waals surface area contributed by atoms with Crippen LogP contribution in [0.1, 0.15) is 21.6 Å². The lowest BCUT2D eigenvalue weighted by Crippen LogP contribution is -2.23. The molecule has 0 radical (unpaired) electrons. The Balaban J connectivity index is 1.48. The Morgan fingerprint density at radius 3 is 2.55 bits per heavy atom. The van der Waals surface area contributed by atoms with Crippen LogP contribution in [0.5, 0.6) is 11.5 Å². The average Bonchev–Trinajstić information content (AvgIpc) is 2.78. The van der Waals surface area contributed by atoms with Gasteiger partial charge in [-0.1, -0.05) is 12.1 Å². The summed E-state index contributed by atoms with van der Waals surface area (Å²) in [6, 6.07) is 15.0. The molecular weight excluding hydrogens is 368 g/mol. The molecule has 2 N–H and O–H groups in total. The van der Waals surface area contributed by atoms with E-state index in [1.807, 2.05) is 36.4 Å². The molecule has 2 heterocycles. The van der Waals surface area contributed by atoms with E-state index in [1.54, 1.807) is 38.7 Å². The Morgan fingerprint density at radius 2 is 1.86 bits per heavy atom. The molecule has 2 aromatic heterocycles. The molecule has 0 aliphatic carbocycles. The van der Waals surface area contributed by atoms with Crippen molar-refractivity contribution in [1.29, 1.82) is 0 Å². The van der Waals surface area contributed by atoms with Crippen LogP contribution in [0.25, 0.3) is 0 Å². The standard InChI is InChI=1S/C22H24N4O3/c1-28-19-8-6-16(13-20(19)29-2)10-12-24-21-9-7-17(14-25-21)22(27)26-15-18-5-3-4-11-23-18/h3-9,11,13-14H,10,12,15H2,1-2H3,(H,24,25)(H,26,27). The summed E-state index contributed by atoms with van der Waals surface area (Å²) >= 11 is 0. The maximum absolute atomic E-state index is 12.2. The van der Waals surface area contributed by atoms with Gasteiger partial charge in [-0.3, -0.25) is 9.78 Å². The number of aromatic nitrogens is 2. The first kappa shape index (κ1) is 20.1. The number of benzene rings is 1. The normalized spacial score (nSPS) is 10.3. The second kappa shape index (κ2) is 10.1. The van der Waals surface area contributed by atoms with Gasteiger partial charge in [0, 0.05) is 18.9 Å². The zero-order valence-electron chi connectivity index (χ0n) is 16.5. The average molecular weight is 392 g/mol. The summed E-state index contributed by atoms with van der Waals surface area (Å²) in [4.78, 5) is 20.7. The molecule has 0 unspecified atom stereocenters. The quantitative estimate of drug-likeness (QED) is 0.582. The fourth-order valence-electron chi connectivity index (χ4n) is 2.78. The van der Waals surface area contributed by atoms with E-state index in [0.29, 0.717) is 36.0 Å². The third-order valence-corrected chi connectivity index (χ3v) is 4.35. The third-order valence-electron chi connectivity index (χ3n) is 4.35. The first-order valence-corrected chi connectivity index (χ1v) is 9.28. The summed E-state index contributed by atoms with van der Waals surface area (Å²) in [7, 11) is 3.24. The number of anilines is 1. The molecule has 0 bridgehead atoms. The van der Waals surface area contributed by atoms with Crippen LogP contribution in [0.2, 0.25) is 0 Å². The van der Waals surface area contributed by atoms with Gasteiger partial charge in [-0.05, 0) is 48.4 Å². The molecular formula is C22H24N4O3. The van der Waals surface area contributed by atoms with Gasteiger partial charge in [0.2, 0.25) is 0 Å². The van der Waals surface area contributed by atoms with Gasteiger partial charge < -0.3 is 20.1 Å². The van der Waals surface area contributed by atoms with E-state index in [1.165, 1.54) is 0 Å². The van der Waals surface area contributed by atoms with Crippen molar-refractivity contribution in [3.05, 3.63) is 77.7 Å². The first-order valence-electron chi connectivity index (χ1n) is 9.28.